The van der Waals surface area contributed by atoms with Gasteiger partial charge in [-0.05, 0) is 37.3 Å². The lowest BCUT2D eigenvalue weighted by atomic mass is 10.1. The predicted molar refractivity (Wildman–Crippen MR) is 90.6 cm³/mol. The molecule has 0 aliphatic heterocycles. The molecule has 3 N–H and O–H groups in total. The molecule has 0 aliphatic rings. The van der Waals surface area contributed by atoms with Crippen LogP contribution >= 0.6 is 0 Å². The number of fused-ring (bicyclic) bond motifs is 1. The molecule has 0 atom stereocenters. The van der Waals surface area contributed by atoms with E-state index in [0.717, 1.165) is 0 Å². The number of hydrogen-bond donors (Lipinski definition) is 3. The summed E-state index contributed by atoms with van der Waals surface area (Å²) in [4.78, 5) is 38.3. The standard InChI is InChI=1S/C17H15N3O4/c1-2-20-13-8-7-10(9-12(13)19-16(23)17(20)24)15(22)18-11-5-3-4-6-14(11)21/h3-9,21H,2H2,1H3,(H,18,22)(H,19,23). The lowest BCUT2D eigenvalue weighted by Gasteiger charge is -2.10. The lowest BCUT2D eigenvalue weighted by Crippen LogP contribution is -2.36. The SMILES string of the molecule is CCn1c(=O)c(=O)[nH]c2cc(C(=O)Nc3ccccc3O)ccc21. The van der Waals surface area contributed by atoms with Gasteiger partial charge in [0.15, 0.2) is 0 Å². The molecule has 0 spiro atoms. The summed E-state index contributed by atoms with van der Waals surface area (Å²) in [6, 6.07) is 11.0. The second kappa shape index (κ2) is 6.04. The molecule has 0 fully saturated rings. The van der Waals surface area contributed by atoms with Gasteiger partial charge in [-0.25, -0.2) is 0 Å². The molecular formula is C17H15N3O4. The minimum Gasteiger partial charge on any atom is -0.506 e. The highest BCUT2D eigenvalue weighted by atomic mass is 16.3. The zero-order chi connectivity index (χ0) is 17.3. The van der Waals surface area contributed by atoms with E-state index in [-0.39, 0.29) is 11.4 Å². The Bertz CT molecular complexity index is 1050. The first-order valence-electron chi connectivity index (χ1n) is 7.37. The van der Waals surface area contributed by atoms with Gasteiger partial charge in [0.2, 0.25) is 0 Å². The van der Waals surface area contributed by atoms with E-state index in [1.54, 1.807) is 37.3 Å². The third kappa shape index (κ3) is 2.67. The van der Waals surface area contributed by atoms with E-state index in [2.05, 4.69) is 10.3 Å². The molecule has 0 bridgehead atoms. The van der Waals surface area contributed by atoms with Gasteiger partial charge in [0.1, 0.15) is 5.75 Å². The smallest absolute Gasteiger partial charge is 0.316 e. The molecule has 3 rings (SSSR count). The molecule has 0 unspecified atom stereocenters. The van der Waals surface area contributed by atoms with E-state index in [0.29, 0.717) is 23.1 Å². The van der Waals surface area contributed by atoms with Crippen LogP contribution in [0.4, 0.5) is 5.69 Å². The van der Waals surface area contributed by atoms with Crippen LogP contribution in [0.15, 0.2) is 52.1 Å². The van der Waals surface area contributed by atoms with Crippen LogP contribution in [0.25, 0.3) is 11.0 Å². The van der Waals surface area contributed by atoms with Crippen molar-refractivity contribution in [1.29, 1.82) is 0 Å². The largest absolute Gasteiger partial charge is 0.506 e. The summed E-state index contributed by atoms with van der Waals surface area (Å²) in [6.07, 6.45) is 0. The molecule has 0 saturated carbocycles. The Hall–Kier alpha value is -3.35. The normalized spacial score (nSPS) is 10.7. The van der Waals surface area contributed by atoms with Crippen LogP contribution in [-0.4, -0.2) is 20.6 Å². The minimum absolute atomic E-state index is 0.0418. The molecular weight excluding hydrogens is 310 g/mol. The van der Waals surface area contributed by atoms with E-state index in [1.165, 1.54) is 16.7 Å². The molecule has 0 saturated heterocycles. The lowest BCUT2D eigenvalue weighted by molar-refractivity contribution is 0.102. The van der Waals surface area contributed by atoms with E-state index in [4.69, 9.17) is 0 Å². The maximum Gasteiger partial charge on any atom is 0.316 e. The Morgan fingerprint density at radius 2 is 1.96 bits per heavy atom. The number of H-pyrrole nitrogens is 1. The molecule has 1 amide bonds. The number of aryl methyl sites for hydroxylation is 1. The topological polar surface area (TPSA) is 104 Å². The number of amides is 1. The predicted octanol–water partition coefficient (Wildman–Crippen LogP) is 1.67. The van der Waals surface area contributed by atoms with Crippen molar-refractivity contribution in [3.63, 3.8) is 0 Å². The zero-order valence-electron chi connectivity index (χ0n) is 12.9. The second-order valence-corrected chi connectivity index (χ2v) is 5.21. The highest BCUT2D eigenvalue weighted by Crippen LogP contribution is 2.22. The third-order valence-corrected chi connectivity index (χ3v) is 3.71. The Balaban J connectivity index is 2.04. The number of phenolic OH excluding ortho intramolecular Hbond substituents is 1. The van der Waals surface area contributed by atoms with Crippen LogP contribution < -0.4 is 16.4 Å². The Kier molecular flexibility index (Phi) is 3.91. The van der Waals surface area contributed by atoms with E-state index in [9.17, 15) is 19.5 Å². The molecule has 0 radical (unpaired) electrons. The number of carbonyl (C=O) groups is 1. The number of aromatic hydroxyl groups is 1. The Morgan fingerprint density at radius 3 is 2.67 bits per heavy atom. The van der Waals surface area contributed by atoms with Crippen molar-refractivity contribution in [1.82, 2.24) is 9.55 Å². The third-order valence-electron chi connectivity index (χ3n) is 3.71. The summed E-state index contributed by atoms with van der Waals surface area (Å²) in [6.45, 7) is 2.11. The first-order valence-corrected chi connectivity index (χ1v) is 7.37. The van der Waals surface area contributed by atoms with E-state index >= 15 is 0 Å². The number of anilines is 1. The first-order chi connectivity index (χ1) is 11.5. The fourth-order valence-corrected chi connectivity index (χ4v) is 2.51. The summed E-state index contributed by atoms with van der Waals surface area (Å²) in [5.41, 5.74) is 0.156. The summed E-state index contributed by atoms with van der Waals surface area (Å²) in [5, 5.41) is 12.3. The Labute approximate surface area is 136 Å². The van der Waals surface area contributed by atoms with Crippen molar-refractivity contribution in [3.8, 4) is 5.75 Å². The van der Waals surface area contributed by atoms with Crippen LogP contribution in [0.1, 0.15) is 17.3 Å². The van der Waals surface area contributed by atoms with Crippen molar-refractivity contribution in [2.75, 3.05) is 5.32 Å². The molecule has 24 heavy (non-hydrogen) atoms. The van der Waals surface area contributed by atoms with Crippen molar-refractivity contribution in [2.45, 2.75) is 13.5 Å². The van der Waals surface area contributed by atoms with Gasteiger partial charge in [-0.3, -0.25) is 14.4 Å². The van der Waals surface area contributed by atoms with Crippen LogP contribution in [0, 0.1) is 0 Å². The summed E-state index contributed by atoms with van der Waals surface area (Å²) >= 11 is 0. The number of phenols is 1. The van der Waals surface area contributed by atoms with Gasteiger partial charge < -0.3 is 20.0 Å². The monoisotopic (exact) mass is 325 g/mol. The number of rotatable bonds is 3. The number of carbonyl (C=O) groups excluding carboxylic acids is 1. The minimum atomic E-state index is -0.734. The molecule has 7 heteroatoms. The fraction of sp³-hybridized carbons (Fsp3) is 0.118. The van der Waals surface area contributed by atoms with Crippen molar-refractivity contribution < 1.29 is 9.90 Å². The molecule has 1 heterocycles. The maximum atomic E-state index is 12.3. The number of benzene rings is 2. The van der Waals surface area contributed by atoms with E-state index in [1.807, 2.05) is 0 Å². The molecule has 1 aromatic heterocycles. The van der Waals surface area contributed by atoms with Gasteiger partial charge in [-0.15, -0.1) is 0 Å². The highest BCUT2D eigenvalue weighted by molar-refractivity contribution is 6.06. The van der Waals surface area contributed by atoms with Gasteiger partial charge in [0.25, 0.3) is 5.91 Å². The molecule has 0 aliphatic carbocycles. The summed E-state index contributed by atoms with van der Waals surface area (Å²) in [5.74, 6) is -0.478. The first kappa shape index (κ1) is 15.5. The molecule has 3 aromatic rings. The van der Waals surface area contributed by atoms with Gasteiger partial charge >= 0.3 is 11.1 Å². The number of nitrogens with one attached hydrogen (secondary N) is 2. The number of nitrogens with zero attached hydrogens (tertiary/aromatic N) is 1. The van der Waals surface area contributed by atoms with Gasteiger partial charge in [0.05, 0.1) is 16.7 Å². The van der Waals surface area contributed by atoms with Crippen molar-refractivity contribution in [3.05, 3.63) is 68.7 Å². The van der Waals surface area contributed by atoms with E-state index < -0.39 is 17.0 Å². The van der Waals surface area contributed by atoms with Crippen LogP contribution in [-0.2, 0) is 6.54 Å². The quantitative estimate of drug-likeness (QED) is 0.503. The molecule has 122 valence electrons. The van der Waals surface area contributed by atoms with Gasteiger partial charge in [-0.2, -0.15) is 0 Å². The van der Waals surface area contributed by atoms with Crippen LogP contribution in [0.2, 0.25) is 0 Å². The van der Waals surface area contributed by atoms with Crippen molar-refractivity contribution >= 4 is 22.6 Å². The van der Waals surface area contributed by atoms with Gasteiger partial charge in [0, 0.05) is 12.1 Å². The highest BCUT2D eigenvalue weighted by Gasteiger charge is 2.12. The fourth-order valence-electron chi connectivity index (χ4n) is 2.51. The number of hydrogen-bond acceptors (Lipinski definition) is 4. The Morgan fingerprint density at radius 1 is 1.21 bits per heavy atom. The number of aromatic amines is 1. The van der Waals surface area contributed by atoms with Gasteiger partial charge in [-0.1, -0.05) is 12.1 Å². The number of aromatic nitrogens is 2. The maximum absolute atomic E-state index is 12.3. The molecule has 2 aromatic carbocycles. The summed E-state index contributed by atoms with van der Waals surface area (Å²) < 4.78 is 1.35. The summed E-state index contributed by atoms with van der Waals surface area (Å²) in [7, 11) is 0. The second-order valence-electron chi connectivity index (χ2n) is 5.21. The molecule has 7 nitrogen and oxygen atoms in total. The zero-order valence-corrected chi connectivity index (χ0v) is 12.9. The van der Waals surface area contributed by atoms with Crippen molar-refractivity contribution in [2.24, 2.45) is 0 Å². The average Bonchev–Trinajstić information content (AvgIpc) is 2.57. The average molecular weight is 325 g/mol. The number of para-hydroxylation sites is 2. The van der Waals surface area contributed by atoms with Crippen LogP contribution in [0.3, 0.4) is 0 Å². The van der Waals surface area contributed by atoms with Crippen LogP contribution in [0.5, 0.6) is 5.75 Å².